The molecule has 0 spiro atoms. The first-order valence-corrected chi connectivity index (χ1v) is 5.79. The van der Waals surface area contributed by atoms with E-state index >= 15 is 0 Å². The molecule has 1 N–H and O–H groups in total. The standard InChI is InChI=1S/C14H18O4/c1-14(2,3)18-12(15)9-11(13(16)17)10-7-5-4-6-8-10/h4-8,11H,9H2,1-3H3,(H,16,17)/t11-/m1/s1. The quantitative estimate of drug-likeness (QED) is 0.834. The van der Waals surface area contributed by atoms with Crippen LogP contribution in [0, 0.1) is 0 Å². The summed E-state index contributed by atoms with van der Waals surface area (Å²) in [5.74, 6) is -2.38. The summed E-state index contributed by atoms with van der Waals surface area (Å²) in [7, 11) is 0. The number of benzene rings is 1. The molecule has 0 saturated heterocycles. The number of carbonyl (C=O) groups is 2. The molecule has 4 nitrogen and oxygen atoms in total. The molecule has 0 aliphatic heterocycles. The highest BCUT2D eigenvalue weighted by Gasteiger charge is 2.26. The summed E-state index contributed by atoms with van der Waals surface area (Å²) in [6, 6.07) is 8.70. The molecule has 0 amide bonds. The monoisotopic (exact) mass is 250 g/mol. The van der Waals surface area contributed by atoms with Crippen LogP contribution in [0.1, 0.15) is 38.7 Å². The molecule has 1 aromatic rings. The van der Waals surface area contributed by atoms with Crippen LogP contribution in [-0.4, -0.2) is 22.6 Å². The van der Waals surface area contributed by atoms with E-state index in [1.165, 1.54) is 0 Å². The fourth-order valence-electron chi connectivity index (χ4n) is 1.58. The van der Waals surface area contributed by atoms with Crippen LogP contribution in [0.2, 0.25) is 0 Å². The molecule has 18 heavy (non-hydrogen) atoms. The normalized spacial score (nSPS) is 12.8. The zero-order valence-electron chi connectivity index (χ0n) is 10.8. The highest BCUT2D eigenvalue weighted by molar-refractivity contribution is 5.83. The molecule has 98 valence electrons. The zero-order chi connectivity index (χ0) is 13.8. The van der Waals surface area contributed by atoms with Gasteiger partial charge in [-0.2, -0.15) is 0 Å². The summed E-state index contributed by atoms with van der Waals surface area (Å²) in [6.45, 7) is 5.26. The van der Waals surface area contributed by atoms with Crippen molar-refractivity contribution in [3.8, 4) is 0 Å². The lowest BCUT2D eigenvalue weighted by Crippen LogP contribution is -2.26. The van der Waals surface area contributed by atoms with Crippen LogP contribution in [0.5, 0.6) is 0 Å². The van der Waals surface area contributed by atoms with Crippen molar-refractivity contribution in [2.45, 2.75) is 38.7 Å². The maximum atomic E-state index is 11.7. The Kier molecular flexibility index (Phi) is 4.48. The molecule has 0 aliphatic carbocycles. The molecule has 0 fully saturated rings. The Morgan fingerprint density at radius 2 is 1.78 bits per heavy atom. The van der Waals surface area contributed by atoms with Gasteiger partial charge in [0.15, 0.2) is 0 Å². The largest absolute Gasteiger partial charge is 0.481 e. The van der Waals surface area contributed by atoms with Crippen LogP contribution >= 0.6 is 0 Å². The van der Waals surface area contributed by atoms with Gasteiger partial charge in [0, 0.05) is 0 Å². The van der Waals surface area contributed by atoms with Crippen molar-refractivity contribution in [1.82, 2.24) is 0 Å². The lowest BCUT2D eigenvalue weighted by atomic mass is 9.96. The first-order valence-electron chi connectivity index (χ1n) is 5.79. The highest BCUT2D eigenvalue weighted by Crippen LogP contribution is 2.21. The number of carboxylic acid groups (broad SMARTS) is 1. The summed E-state index contributed by atoms with van der Waals surface area (Å²) in [6.07, 6.45) is -0.156. The molecule has 1 aromatic carbocycles. The van der Waals surface area contributed by atoms with E-state index < -0.39 is 23.5 Å². The third kappa shape index (κ3) is 4.57. The third-order valence-electron chi connectivity index (χ3n) is 2.29. The Morgan fingerprint density at radius 1 is 1.22 bits per heavy atom. The number of esters is 1. The molecule has 0 aliphatic rings. The lowest BCUT2D eigenvalue weighted by Gasteiger charge is -2.21. The topological polar surface area (TPSA) is 63.6 Å². The van der Waals surface area contributed by atoms with Gasteiger partial charge >= 0.3 is 11.9 Å². The number of hydrogen-bond donors (Lipinski definition) is 1. The molecule has 0 aromatic heterocycles. The van der Waals surface area contributed by atoms with Gasteiger partial charge in [-0.25, -0.2) is 0 Å². The number of aliphatic carboxylic acids is 1. The van der Waals surface area contributed by atoms with E-state index in [9.17, 15) is 9.59 Å². The second-order valence-corrected chi connectivity index (χ2v) is 5.09. The Hall–Kier alpha value is -1.84. The number of hydrogen-bond acceptors (Lipinski definition) is 3. The van der Waals surface area contributed by atoms with Crippen LogP contribution in [0.25, 0.3) is 0 Å². The molecule has 0 heterocycles. The van der Waals surface area contributed by atoms with Gasteiger partial charge in [0.1, 0.15) is 5.60 Å². The predicted molar refractivity (Wildman–Crippen MR) is 67.3 cm³/mol. The molecule has 0 bridgehead atoms. The van der Waals surface area contributed by atoms with E-state index in [4.69, 9.17) is 9.84 Å². The van der Waals surface area contributed by atoms with Crippen LogP contribution in [0.4, 0.5) is 0 Å². The molecule has 0 unspecified atom stereocenters. The molecule has 0 saturated carbocycles. The van der Waals surface area contributed by atoms with Gasteiger partial charge in [-0.3, -0.25) is 9.59 Å². The predicted octanol–water partition coefficient (Wildman–Crippen LogP) is 2.59. The van der Waals surface area contributed by atoms with E-state index in [2.05, 4.69) is 0 Å². The Morgan fingerprint density at radius 3 is 2.22 bits per heavy atom. The Bertz CT molecular complexity index is 417. The SMILES string of the molecule is CC(C)(C)OC(=O)C[C@@H](C(=O)O)c1ccccc1. The maximum absolute atomic E-state index is 11.7. The van der Waals surface area contributed by atoms with Crippen molar-refractivity contribution in [2.24, 2.45) is 0 Å². The lowest BCUT2D eigenvalue weighted by molar-refractivity contribution is -0.158. The van der Waals surface area contributed by atoms with Gasteiger partial charge in [-0.15, -0.1) is 0 Å². The van der Waals surface area contributed by atoms with Gasteiger partial charge in [0.25, 0.3) is 0 Å². The molecular formula is C14H18O4. The van der Waals surface area contributed by atoms with Crippen molar-refractivity contribution in [2.75, 3.05) is 0 Å². The summed E-state index contributed by atoms with van der Waals surface area (Å²) >= 11 is 0. The number of carbonyl (C=O) groups excluding carboxylic acids is 1. The first-order chi connectivity index (χ1) is 8.29. The molecule has 4 heteroatoms. The highest BCUT2D eigenvalue weighted by atomic mass is 16.6. The van der Waals surface area contributed by atoms with Crippen LogP contribution in [0.3, 0.4) is 0 Å². The third-order valence-corrected chi connectivity index (χ3v) is 2.29. The Labute approximate surface area is 107 Å². The minimum absolute atomic E-state index is 0.156. The minimum Gasteiger partial charge on any atom is -0.481 e. The fourth-order valence-corrected chi connectivity index (χ4v) is 1.58. The van der Waals surface area contributed by atoms with Crippen molar-refractivity contribution < 1.29 is 19.4 Å². The first kappa shape index (κ1) is 14.2. The van der Waals surface area contributed by atoms with Gasteiger partial charge in [0.05, 0.1) is 12.3 Å². The Balaban J connectivity index is 2.77. The van der Waals surface area contributed by atoms with Crippen molar-refractivity contribution in [3.05, 3.63) is 35.9 Å². The molecular weight excluding hydrogens is 232 g/mol. The fraction of sp³-hybridized carbons (Fsp3) is 0.429. The molecule has 1 atom stereocenters. The van der Waals surface area contributed by atoms with Crippen LogP contribution < -0.4 is 0 Å². The smallest absolute Gasteiger partial charge is 0.311 e. The molecule has 0 radical (unpaired) electrons. The molecule has 1 rings (SSSR count). The van der Waals surface area contributed by atoms with E-state index in [1.54, 1.807) is 51.1 Å². The van der Waals surface area contributed by atoms with E-state index in [0.717, 1.165) is 0 Å². The maximum Gasteiger partial charge on any atom is 0.311 e. The summed E-state index contributed by atoms with van der Waals surface area (Å²) in [4.78, 5) is 22.9. The minimum atomic E-state index is -1.02. The van der Waals surface area contributed by atoms with Crippen molar-refractivity contribution in [1.29, 1.82) is 0 Å². The summed E-state index contributed by atoms with van der Waals surface area (Å²) in [5.41, 5.74) is 0.00690. The summed E-state index contributed by atoms with van der Waals surface area (Å²) in [5, 5.41) is 9.17. The second kappa shape index (κ2) is 5.67. The van der Waals surface area contributed by atoms with Crippen LogP contribution in [0.15, 0.2) is 30.3 Å². The number of rotatable bonds is 4. The van der Waals surface area contributed by atoms with Gasteiger partial charge < -0.3 is 9.84 Å². The van der Waals surface area contributed by atoms with Crippen molar-refractivity contribution in [3.63, 3.8) is 0 Å². The average molecular weight is 250 g/mol. The summed E-state index contributed by atoms with van der Waals surface area (Å²) < 4.78 is 5.14. The van der Waals surface area contributed by atoms with Crippen molar-refractivity contribution >= 4 is 11.9 Å². The number of ether oxygens (including phenoxy) is 1. The average Bonchev–Trinajstić information content (AvgIpc) is 2.24. The van der Waals surface area contributed by atoms with E-state index in [-0.39, 0.29) is 6.42 Å². The van der Waals surface area contributed by atoms with Gasteiger partial charge in [-0.1, -0.05) is 30.3 Å². The second-order valence-electron chi connectivity index (χ2n) is 5.09. The van der Waals surface area contributed by atoms with Gasteiger partial charge in [-0.05, 0) is 26.3 Å². The number of carboxylic acids is 1. The van der Waals surface area contributed by atoms with E-state index in [0.29, 0.717) is 5.56 Å². The van der Waals surface area contributed by atoms with Crippen LogP contribution in [-0.2, 0) is 14.3 Å². The van der Waals surface area contributed by atoms with Gasteiger partial charge in [0.2, 0.25) is 0 Å². The van der Waals surface area contributed by atoms with E-state index in [1.807, 2.05) is 0 Å². The zero-order valence-corrected chi connectivity index (χ0v) is 10.8.